The molecular weight excluding hydrogens is 461 g/mol. The lowest BCUT2D eigenvalue weighted by atomic mass is 10.0. The van der Waals surface area contributed by atoms with E-state index in [0.717, 1.165) is 16.4 Å². The average molecular weight is 482 g/mol. The largest absolute Gasteiger partial charge is 0.345 e. The minimum Gasteiger partial charge on any atom is -0.345 e. The monoisotopic (exact) mass is 481 g/mol. The van der Waals surface area contributed by atoms with E-state index in [9.17, 15) is 8.42 Å². The van der Waals surface area contributed by atoms with Crippen molar-refractivity contribution >= 4 is 49.7 Å². The van der Waals surface area contributed by atoms with Crippen molar-refractivity contribution in [2.45, 2.75) is 18.7 Å². The van der Waals surface area contributed by atoms with Gasteiger partial charge in [-0.2, -0.15) is 4.31 Å². The van der Waals surface area contributed by atoms with E-state index in [1.54, 1.807) is 23.5 Å². The third-order valence-electron chi connectivity index (χ3n) is 5.20. The van der Waals surface area contributed by atoms with E-state index in [1.165, 1.54) is 21.5 Å². The second-order valence-corrected chi connectivity index (χ2v) is 10.8. The summed E-state index contributed by atoms with van der Waals surface area (Å²) in [4.78, 5) is 7.00. The maximum atomic E-state index is 13.0. The van der Waals surface area contributed by atoms with Crippen molar-refractivity contribution in [3.8, 4) is 11.3 Å². The first-order chi connectivity index (χ1) is 14.3. The molecule has 1 aliphatic heterocycles. The van der Waals surface area contributed by atoms with Crippen molar-refractivity contribution in [3.63, 3.8) is 0 Å². The number of aryl methyl sites for hydroxylation is 2. The number of halogens is 2. The molecule has 1 aromatic heterocycles. The molecule has 0 aliphatic carbocycles. The van der Waals surface area contributed by atoms with Crippen LogP contribution in [0.4, 0.5) is 5.13 Å². The molecule has 30 heavy (non-hydrogen) atoms. The van der Waals surface area contributed by atoms with Crippen molar-refractivity contribution in [1.82, 2.24) is 9.29 Å². The first-order valence-corrected chi connectivity index (χ1v) is 12.6. The van der Waals surface area contributed by atoms with Gasteiger partial charge in [0, 0.05) is 37.1 Å². The van der Waals surface area contributed by atoms with E-state index in [0.29, 0.717) is 26.2 Å². The summed E-state index contributed by atoms with van der Waals surface area (Å²) in [5.41, 5.74) is 4.47. The summed E-state index contributed by atoms with van der Waals surface area (Å²) in [5.74, 6) is 0. The molecule has 1 saturated heterocycles. The van der Waals surface area contributed by atoms with Crippen molar-refractivity contribution in [2.24, 2.45) is 0 Å². The van der Waals surface area contributed by atoms with Gasteiger partial charge in [0.1, 0.15) is 4.90 Å². The minimum atomic E-state index is -3.70. The number of benzene rings is 2. The number of anilines is 1. The number of rotatable bonds is 4. The Kier molecular flexibility index (Phi) is 6.10. The highest BCUT2D eigenvalue weighted by atomic mass is 35.5. The van der Waals surface area contributed by atoms with Crippen LogP contribution in [0.5, 0.6) is 0 Å². The number of nitrogens with zero attached hydrogens (tertiary/aromatic N) is 3. The van der Waals surface area contributed by atoms with E-state index < -0.39 is 10.0 Å². The third kappa shape index (κ3) is 4.09. The molecule has 0 N–H and O–H groups in total. The van der Waals surface area contributed by atoms with Crippen LogP contribution < -0.4 is 4.90 Å². The Morgan fingerprint density at radius 3 is 2.50 bits per heavy atom. The first-order valence-electron chi connectivity index (χ1n) is 9.49. The summed E-state index contributed by atoms with van der Waals surface area (Å²) in [7, 11) is -3.70. The molecule has 1 aliphatic rings. The van der Waals surface area contributed by atoms with Gasteiger partial charge in [0.2, 0.25) is 10.0 Å². The molecule has 2 aromatic carbocycles. The molecule has 0 amide bonds. The number of aromatic nitrogens is 1. The molecule has 1 fully saturated rings. The van der Waals surface area contributed by atoms with Gasteiger partial charge in [-0.1, -0.05) is 47.0 Å². The molecule has 4 rings (SSSR count). The van der Waals surface area contributed by atoms with Crippen LogP contribution in [-0.2, 0) is 10.0 Å². The Hall–Kier alpha value is -1.64. The van der Waals surface area contributed by atoms with Crippen LogP contribution >= 0.6 is 34.5 Å². The first kappa shape index (κ1) is 21.6. The highest BCUT2D eigenvalue weighted by Gasteiger charge is 2.31. The molecule has 0 unspecified atom stereocenters. The maximum absolute atomic E-state index is 13.0. The zero-order chi connectivity index (χ0) is 21.5. The van der Waals surface area contributed by atoms with Crippen LogP contribution in [0.15, 0.2) is 46.7 Å². The second-order valence-electron chi connectivity index (χ2n) is 7.28. The van der Waals surface area contributed by atoms with Gasteiger partial charge >= 0.3 is 0 Å². The number of piperazine rings is 1. The van der Waals surface area contributed by atoms with Gasteiger partial charge in [0.15, 0.2) is 5.13 Å². The van der Waals surface area contributed by atoms with Crippen molar-refractivity contribution in [3.05, 3.63) is 63.0 Å². The quantitative estimate of drug-likeness (QED) is 0.510. The maximum Gasteiger partial charge on any atom is 0.244 e. The summed E-state index contributed by atoms with van der Waals surface area (Å²) in [5, 5.41) is 3.27. The predicted molar refractivity (Wildman–Crippen MR) is 124 cm³/mol. The Morgan fingerprint density at radius 1 is 1.03 bits per heavy atom. The van der Waals surface area contributed by atoms with Crippen molar-refractivity contribution in [2.75, 3.05) is 31.1 Å². The van der Waals surface area contributed by atoms with Gasteiger partial charge in [-0.25, -0.2) is 13.4 Å². The SMILES string of the molecule is Cc1ccc(C)c(-c2csc(N3CCN(S(=O)(=O)c4cccc(Cl)c4Cl)CC3)n2)c1. The van der Waals surface area contributed by atoms with Crippen LogP contribution in [0.2, 0.25) is 10.0 Å². The molecule has 0 spiro atoms. The van der Waals surface area contributed by atoms with E-state index in [4.69, 9.17) is 28.2 Å². The van der Waals surface area contributed by atoms with Crippen LogP contribution in [0, 0.1) is 13.8 Å². The molecule has 5 nitrogen and oxygen atoms in total. The lowest BCUT2D eigenvalue weighted by Crippen LogP contribution is -2.48. The molecule has 3 aromatic rings. The van der Waals surface area contributed by atoms with Crippen LogP contribution in [0.1, 0.15) is 11.1 Å². The topological polar surface area (TPSA) is 53.5 Å². The fourth-order valence-electron chi connectivity index (χ4n) is 3.49. The second kappa shape index (κ2) is 8.48. The van der Waals surface area contributed by atoms with Gasteiger partial charge in [0.25, 0.3) is 0 Å². The highest BCUT2D eigenvalue weighted by Crippen LogP contribution is 2.33. The van der Waals surface area contributed by atoms with Gasteiger partial charge in [-0.3, -0.25) is 0 Å². The van der Waals surface area contributed by atoms with Gasteiger partial charge in [0.05, 0.1) is 15.7 Å². The van der Waals surface area contributed by atoms with Crippen LogP contribution in [-0.4, -0.2) is 43.9 Å². The Balaban J connectivity index is 1.50. The van der Waals surface area contributed by atoms with Crippen molar-refractivity contribution < 1.29 is 8.42 Å². The van der Waals surface area contributed by atoms with Gasteiger partial charge in [-0.15, -0.1) is 11.3 Å². The highest BCUT2D eigenvalue weighted by molar-refractivity contribution is 7.89. The van der Waals surface area contributed by atoms with Gasteiger partial charge in [-0.05, 0) is 37.6 Å². The zero-order valence-electron chi connectivity index (χ0n) is 16.6. The van der Waals surface area contributed by atoms with Gasteiger partial charge < -0.3 is 4.90 Å². The number of hydrogen-bond acceptors (Lipinski definition) is 5. The summed E-state index contributed by atoms with van der Waals surface area (Å²) < 4.78 is 27.5. The fraction of sp³-hybridized carbons (Fsp3) is 0.286. The van der Waals surface area contributed by atoms with E-state index in [-0.39, 0.29) is 14.9 Å². The summed E-state index contributed by atoms with van der Waals surface area (Å²) in [6.07, 6.45) is 0. The number of thiazole rings is 1. The number of hydrogen-bond donors (Lipinski definition) is 0. The number of sulfonamides is 1. The average Bonchev–Trinajstić information content (AvgIpc) is 3.22. The standard InChI is InChI=1S/C21H21Cl2N3O2S2/c1-14-6-7-15(2)16(12-14)18-13-29-21(24-18)25-8-10-26(11-9-25)30(27,28)19-5-3-4-17(22)20(19)23/h3-7,12-13H,8-11H2,1-2H3. The molecule has 0 bridgehead atoms. The summed E-state index contributed by atoms with van der Waals surface area (Å²) >= 11 is 13.7. The molecule has 0 saturated carbocycles. The molecule has 9 heteroatoms. The van der Waals surface area contributed by atoms with Crippen LogP contribution in [0.25, 0.3) is 11.3 Å². The summed E-state index contributed by atoms with van der Waals surface area (Å²) in [6, 6.07) is 11.0. The Bertz CT molecular complexity index is 1190. The molecule has 158 valence electrons. The van der Waals surface area contributed by atoms with E-state index in [1.807, 2.05) is 0 Å². The van der Waals surface area contributed by atoms with Crippen LogP contribution in [0.3, 0.4) is 0 Å². The van der Waals surface area contributed by atoms with E-state index >= 15 is 0 Å². The smallest absolute Gasteiger partial charge is 0.244 e. The van der Waals surface area contributed by atoms with E-state index in [2.05, 4.69) is 42.3 Å². The summed E-state index contributed by atoms with van der Waals surface area (Å²) in [6.45, 7) is 6.02. The molecule has 0 radical (unpaired) electrons. The fourth-order valence-corrected chi connectivity index (χ4v) is 6.52. The molecule has 0 atom stereocenters. The Morgan fingerprint density at radius 2 is 1.77 bits per heavy atom. The predicted octanol–water partition coefficient (Wildman–Crippen LogP) is 5.24. The molecule has 2 heterocycles. The Labute approximate surface area is 190 Å². The minimum absolute atomic E-state index is 0.0524. The molecular formula is C21H21Cl2N3O2S2. The lowest BCUT2D eigenvalue weighted by molar-refractivity contribution is 0.385. The zero-order valence-corrected chi connectivity index (χ0v) is 19.7. The lowest BCUT2D eigenvalue weighted by Gasteiger charge is -2.34. The normalized spacial score (nSPS) is 15.5. The third-order valence-corrected chi connectivity index (χ3v) is 8.98. The van der Waals surface area contributed by atoms with Crippen molar-refractivity contribution in [1.29, 1.82) is 0 Å².